The first-order valence-electron chi connectivity index (χ1n) is 20.8. The molecule has 0 radical (unpaired) electrons. The molecule has 14 aromatic rings. The van der Waals surface area contributed by atoms with Gasteiger partial charge in [0, 0.05) is 58.2 Å². The van der Waals surface area contributed by atoms with Crippen molar-refractivity contribution >= 4 is 108 Å². The molecule has 0 atom stereocenters. The van der Waals surface area contributed by atoms with E-state index >= 15 is 0 Å². The quantitative estimate of drug-likeness (QED) is 0.178. The number of hydrogen-bond donors (Lipinski definition) is 0. The van der Waals surface area contributed by atoms with Crippen molar-refractivity contribution in [3.05, 3.63) is 188 Å². The van der Waals surface area contributed by atoms with E-state index in [9.17, 15) is 0 Å². The van der Waals surface area contributed by atoms with Crippen LogP contribution in [-0.4, -0.2) is 24.1 Å². The Hall–Kier alpha value is -8.13. The molecule has 0 unspecified atom stereocenters. The Morgan fingerprint density at radius 1 is 0.371 bits per heavy atom. The second kappa shape index (κ2) is 12.7. The molecule has 6 nitrogen and oxygen atoms in total. The molecule has 0 saturated heterocycles. The van der Waals surface area contributed by atoms with Gasteiger partial charge in [0.2, 0.25) is 5.95 Å². The highest BCUT2D eigenvalue weighted by molar-refractivity contribution is 7.25. The monoisotopic (exact) mass is 809 g/mol. The third-order valence-electron chi connectivity index (χ3n) is 12.5. The van der Waals surface area contributed by atoms with Crippen LogP contribution in [0.1, 0.15) is 0 Å². The van der Waals surface area contributed by atoms with Crippen molar-refractivity contribution in [3.8, 4) is 34.4 Å². The maximum Gasteiger partial charge on any atom is 0.238 e. The van der Waals surface area contributed by atoms with E-state index in [0.29, 0.717) is 17.6 Å². The van der Waals surface area contributed by atoms with Gasteiger partial charge in [-0.25, -0.2) is 4.98 Å². The summed E-state index contributed by atoms with van der Waals surface area (Å²) in [5, 5.41) is 11.6. The van der Waals surface area contributed by atoms with Crippen molar-refractivity contribution in [2.75, 3.05) is 0 Å². The fourth-order valence-electron chi connectivity index (χ4n) is 9.78. The van der Waals surface area contributed by atoms with Crippen LogP contribution in [-0.2, 0) is 0 Å². The summed E-state index contributed by atoms with van der Waals surface area (Å²) in [6, 6.07) is 66.7. The molecule has 5 aromatic heterocycles. The average molecular weight is 810 g/mol. The van der Waals surface area contributed by atoms with E-state index in [-0.39, 0.29) is 0 Å². The van der Waals surface area contributed by atoms with Gasteiger partial charge in [-0.2, -0.15) is 9.97 Å². The van der Waals surface area contributed by atoms with Crippen molar-refractivity contribution in [2.24, 2.45) is 0 Å². The standard InChI is InChI=1S/C55H31N5OS/c1-2-14-33-29-46-41(27-32(33)13-1)38-17-5-8-20-43(38)59(46)47-30-35(31-49-52(47)40-19-6-11-23-48(40)61-49)54-56-53(34-25-26-51-42(28-34)39-18-7-12-24-50(39)62-51)57-55(58-54)60-44-21-9-3-15-36(44)37-16-4-10-22-45(37)60/h1-31H. The Morgan fingerprint density at radius 3 is 1.71 bits per heavy atom. The van der Waals surface area contributed by atoms with Crippen LogP contribution in [0.5, 0.6) is 0 Å². The summed E-state index contributed by atoms with van der Waals surface area (Å²) in [5.74, 6) is 1.70. The van der Waals surface area contributed by atoms with E-state index < -0.39 is 0 Å². The Kier molecular flexibility index (Phi) is 6.89. The number of thiophene rings is 1. The number of furan rings is 1. The largest absolute Gasteiger partial charge is 0.456 e. The highest BCUT2D eigenvalue weighted by Crippen LogP contribution is 2.43. The first kappa shape index (κ1) is 33.7. The Morgan fingerprint density at radius 2 is 0.952 bits per heavy atom. The molecule has 0 aliphatic rings. The van der Waals surface area contributed by atoms with Crippen LogP contribution in [0.15, 0.2) is 192 Å². The van der Waals surface area contributed by atoms with Gasteiger partial charge >= 0.3 is 0 Å². The summed E-state index contributed by atoms with van der Waals surface area (Å²) >= 11 is 1.80. The van der Waals surface area contributed by atoms with Crippen LogP contribution in [0.2, 0.25) is 0 Å². The van der Waals surface area contributed by atoms with Crippen LogP contribution in [0.3, 0.4) is 0 Å². The third kappa shape index (κ3) is 4.82. The molecule has 0 aliphatic heterocycles. The first-order valence-corrected chi connectivity index (χ1v) is 21.6. The molecule has 0 spiro atoms. The lowest BCUT2D eigenvalue weighted by Gasteiger charge is -2.14. The molecule has 0 N–H and O–H groups in total. The minimum absolute atomic E-state index is 0.548. The van der Waals surface area contributed by atoms with Crippen LogP contribution in [0, 0.1) is 0 Å². The summed E-state index contributed by atoms with van der Waals surface area (Å²) < 4.78 is 13.8. The summed E-state index contributed by atoms with van der Waals surface area (Å²) in [6.45, 7) is 0. The first-order chi connectivity index (χ1) is 30.7. The molecule has 14 rings (SSSR count). The van der Waals surface area contributed by atoms with Gasteiger partial charge in [0.15, 0.2) is 11.6 Å². The number of fused-ring (bicyclic) bond motifs is 13. The smallest absolute Gasteiger partial charge is 0.238 e. The van der Waals surface area contributed by atoms with E-state index in [2.05, 4.69) is 185 Å². The number of aromatic nitrogens is 5. The number of para-hydroxylation sites is 4. The Bertz CT molecular complexity index is 4130. The van der Waals surface area contributed by atoms with E-state index in [0.717, 1.165) is 71.6 Å². The van der Waals surface area contributed by atoms with Gasteiger partial charge in [0.05, 0.1) is 33.1 Å². The predicted molar refractivity (Wildman–Crippen MR) is 257 cm³/mol. The third-order valence-corrected chi connectivity index (χ3v) is 13.7. The zero-order chi connectivity index (χ0) is 40.5. The minimum atomic E-state index is 0.548. The van der Waals surface area contributed by atoms with Gasteiger partial charge < -0.3 is 8.98 Å². The molecule has 5 heterocycles. The van der Waals surface area contributed by atoms with Crippen LogP contribution in [0.4, 0.5) is 0 Å². The Balaban J connectivity index is 1.09. The Labute approximate surface area is 357 Å². The van der Waals surface area contributed by atoms with Crippen molar-refractivity contribution < 1.29 is 4.42 Å². The van der Waals surface area contributed by atoms with Gasteiger partial charge in [-0.15, -0.1) is 11.3 Å². The van der Waals surface area contributed by atoms with Crippen LogP contribution < -0.4 is 0 Å². The van der Waals surface area contributed by atoms with Crippen LogP contribution in [0.25, 0.3) is 131 Å². The molecule has 0 fully saturated rings. The molecule has 9 aromatic carbocycles. The molecule has 7 heteroatoms. The van der Waals surface area contributed by atoms with E-state index in [4.69, 9.17) is 19.4 Å². The van der Waals surface area contributed by atoms with E-state index in [1.165, 1.54) is 41.7 Å². The second-order valence-electron chi connectivity index (χ2n) is 16.0. The number of benzene rings is 9. The number of hydrogen-bond acceptors (Lipinski definition) is 5. The summed E-state index contributed by atoms with van der Waals surface area (Å²) in [6.07, 6.45) is 0. The fourth-order valence-corrected chi connectivity index (χ4v) is 10.9. The SMILES string of the molecule is c1ccc2cc3c(cc2c1)c1ccccc1n3-c1cc(-c2nc(-c3ccc4sc5ccccc5c4c3)nc(-n3c4ccccc4c4ccccc43)n2)cc2oc3ccccc3c12. The van der Waals surface area contributed by atoms with Gasteiger partial charge in [-0.3, -0.25) is 4.57 Å². The molecule has 0 bridgehead atoms. The second-order valence-corrected chi connectivity index (χ2v) is 17.1. The zero-order valence-electron chi connectivity index (χ0n) is 33.0. The van der Waals surface area contributed by atoms with Gasteiger partial charge in [0.25, 0.3) is 0 Å². The minimum Gasteiger partial charge on any atom is -0.456 e. The molecular formula is C55H31N5OS. The molecule has 288 valence electrons. The number of nitrogens with zero attached hydrogens (tertiary/aromatic N) is 5. The lowest BCUT2D eigenvalue weighted by atomic mass is 10.1. The van der Waals surface area contributed by atoms with Gasteiger partial charge in [-0.05, 0) is 83.6 Å². The summed E-state index contributed by atoms with van der Waals surface area (Å²) in [5.41, 5.74) is 8.62. The van der Waals surface area contributed by atoms with Gasteiger partial charge in [-0.1, -0.05) is 115 Å². The van der Waals surface area contributed by atoms with Crippen molar-refractivity contribution in [2.45, 2.75) is 0 Å². The summed E-state index contributed by atoms with van der Waals surface area (Å²) in [7, 11) is 0. The lowest BCUT2D eigenvalue weighted by molar-refractivity contribution is 0.669. The molecule has 0 amide bonds. The fraction of sp³-hybridized carbons (Fsp3) is 0. The average Bonchev–Trinajstić information content (AvgIpc) is 4.08. The lowest BCUT2D eigenvalue weighted by Crippen LogP contribution is -2.06. The molecule has 0 aliphatic carbocycles. The van der Waals surface area contributed by atoms with E-state index in [1.54, 1.807) is 11.3 Å². The number of rotatable bonds is 4. The molecular weight excluding hydrogens is 779 g/mol. The highest BCUT2D eigenvalue weighted by Gasteiger charge is 2.23. The molecule has 0 saturated carbocycles. The predicted octanol–water partition coefficient (Wildman–Crippen LogP) is 14.8. The van der Waals surface area contributed by atoms with Crippen LogP contribution >= 0.6 is 11.3 Å². The highest BCUT2D eigenvalue weighted by atomic mass is 32.1. The van der Waals surface area contributed by atoms with Crippen molar-refractivity contribution in [1.82, 2.24) is 24.1 Å². The molecule has 62 heavy (non-hydrogen) atoms. The van der Waals surface area contributed by atoms with Crippen molar-refractivity contribution in [3.63, 3.8) is 0 Å². The topological polar surface area (TPSA) is 61.7 Å². The summed E-state index contributed by atoms with van der Waals surface area (Å²) in [4.78, 5) is 16.1. The normalized spacial score (nSPS) is 12.2. The van der Waals surface area contributed by atoms with E-state index in [1.807, 2.05) is 12.1 Å². The maximum absolute atomic E-state index is 6.77. The maximum atomic E-state index is 6.77. The van der Waals surface area contributed by atoms with Gasteiger partial charge in [0.1, 0.15) is 11.2 Å². The van der Waals surface area contributed by atoms with Crippen molar-refractivity contribution in [1.29, 1.82) is 0 Å². The zero-order valence-corrected chi connectivity index (χ0v) is 33.8.